The van der Waals surface area contributed by atoms with Crippen LogP contribution in [0.5, 0.6) is 0 Å². The van der Waals surface area contributed by atoms with Crippen LogP contribution in [-0.4, -0.2) is 29.0 Å². The monoisotopic (exact) mass is 408 g/mol. The normalized spacial score (nSPS) is 14.5. The topological polar surface area (TPSA) is 58.1 Å². The number of pyridine rings is 2. The van der Waals surface area contributed by atoms with Gasteiger partial charge in [-0.25, -0.2) is 0 Å². The number of nitrogens with zero attached hydrogens (tertiary/aromatic N) is 3. The zero-order valence-electron chi connectivity index (χ0n) is 17.2. The maximum Gasteiger partial charge on any atom is 0.227 e. The van der Waals surface area contributed by atoms with Gasteiger partial charge in [-0.2, -0.15) is 0 Å². The van der Waals surface area contributed by atoms with Crippen molar-refractivity contribution < 1.29 is 4.79 Å². The number of benzene rings is 2. The number of aromatic nitrogens is 2. The highest BCUT2D eigenvalue weighted by Crippen LogP contribution is 2.29. The van der Waals surface area contributed by atoms with Gasteiger partial charge in [-0.15, -0.1) is 0 Å². The quantitative estimate of drug-likeness (QED) is 0.507. The van der Waals surface area contributed by atoms with Crippen LogP contribution in [0.3, 0.4) is 0 Å². The van der Waals surface area contributed by atoms with Crippen LogP contribution in [0.4, 0.5) is 11.4 Å². The van der Waals surface area contributed by atoms with Gasteiger partial charge in [0.05, 0.1) is 17.4 Å². The Morgan fingerprint density at radius 1 is 0.903 bits per heavy atom. The lowest BCUT2D eigenvalue weighted by Crippen LogP contribution is -2.38. The zero-order valence-corrected chi connectivity index (χ0v) is 17.2. The summed E-state index contributed by atoms with van der Waals surface area (Å²) in [6.07, 6.45) is 6.83. The summed E-state index contributed by atoms with van der Waals surface area (Å²) in [5, 5.41) is 4.03. The molecule has 0 unspecified atom stereocenters. The van der Waals surface area contributed by atoms with E-state index in [4.69, 9.17) is 0 Å². The number of rotatable bonds is 4. The summed E-state index contributed by atoms with van der Waals surface area (Å²) in [6, 6.07) is 22.8. The lowest BCUT2D eigenvalue weighted by atomic mass is 9.95. The van der Waals surface area contributed by atoms with Gasteiger partial charge in [0, 0.05) is 42.5 Å². The smallest absolute Gasteiger partial charge is 0.227 e. The van der Waals surface area contributed by atoms with E-state index in [-0.39, 0.29) is 11.8 Å². The van der Waals surface area contributed by atoms with Gasteiger partial charge in [0.25, 0.3) is 0 Å². The Bertz CT molecular complexity index is 1190. The highest BCUT2D eigenvalue weighted by atomic mass is 16.1. The molecule has 2 aromatic heterocycles. The van der Waals surface area contributed by atoms with Crippen LogP contribution < -0.4 is 10.2 Å². The van der Waals surface area contributed by atoms with Gasteiger partial charge in [0.2, 0.25) is 5.91 Å². The van der Waals surface area contributed by atoms with Gasteiger partial charge >= 0.3 is 0 Å². The number of amides is 1. The van der Waals surface area contributed by atoms with Crippen molar-refractivity contribution >= 4 is 28.2 Å². The lowest BCUT2D eigenvalue weighted by molar-refractivity contribution is -0.120. The molecular formula is C26H24N4O. The summed E-state index contributed by atoms with van der Waals surface area (Å²) >= 11 is 0. The Balaban J connectivity index is 1.25. The molecule has 1 N–H and O–H groups in total. The molecule has 2 aromatic carbocycles. The summed E-state index contributed by atoms with van der Waals surface area (Å²) in [6.45, 7) is 1.74. The summed E-state index contributed by atoms with van der Waals surface area (Å²) in [5.41, 5.74) is 5.24. The number of anilines is 2. The van der Waals surface area contributed by atoms with Crippen LogP contribution in [0.15, 0.2) is 85.3 Å². The van der Waals surface area contributed by atoms with Crippen molar-refractivity contribution in [2.45, 2.75) is 12.8 Å². The maximum absolute atomic E-state index is 12.9. The standard InChI is InChI=1S/C26H24N4O/c31-26(29-24-10-14-28-25-18-27-13-9-23(24)25)20-11-15-30(16-12-20)22-8-4-7-21(17-22)19-5-2-1-3-6-19/h1-10,13-14,17-18,20H,11-12,15-16H2,(H,28,29,31). The van der Waals surface area contributed by atoms with E-state index < -0.39 is 0 Å². The van der Waals surface area contributed by atoms with E-state index >= 15 is 0 Å². The summed E-state index contributed by atoms with van der Waals surface area (Å²) < 4.78 is 0. The molecule has 0 saturated carbocycles. The van der Waals surface area contributed by atoms with E-state index in [1.54, 1.807) is 18.6 Å². The van der Waals surface area contributed by atoms with Crippen molar-refractivity contribution in [3.05, 3.63) is 85.3 Å². The molecule has 1 aliphatic rings. The molecule has 5 nitrogen and oxygen atoms in total. The van der Waals surface area contributed by atoms with E-state index in [2.05, 4.69) is 68.7 Å². The molecule has 0 aliphatic carbocycles. The molecule has 154 valence electrons. The first kappa shape index (κ1) is 19.2. The fourth-order valence-corrected chi connectivity index (χ4v) is 4.26. The van der Waals surface area contributed by atoms with Crippen molar-refractivity contribution in [3.8, 4) is 11.1 Å². The van der Waals surface area contributed by atoms with Gasteiger partial charge in [-0.05, 0) is 48.2 Å². The number of piperidine rings is 1. The van der Waals surface area contributed by atoms with Gasteiger partial charge < -0.3 is 10.2 Å². The lowest BCUT2D eigenvalue weighted by Gasteiger charge is -2.33. The largest absolute Gasteiger partial charge is 0.371 e. The van der Waals surface area contributed by atoms with E-state index in [0.717, 1.165) is 42.5 Å². The van der Waals surface area contributed by atoms with Crippen LogP contribution in [0.2, 0.25) is 0 Å². The molecule has 1 aliphatic heterocycles. The van der Waals surface area contributed by atoms with Crippen LogP contribution in [0.25, 0.3) is 22.0 Å². The molecule has 1 amide bonds. The molecular weight excluding hydrogens is 384 g/mol. The van der Waals surface area contributed by atoms with Crippen LogP contribution in [0.1, 0.15) is 12.8 Å². The van der Waals surface area contributed by atoms with Crippen LogP contribution in [-0.2, 0) is 4.79 Å². The number of carbonyl (C=O) groups excluding carboxylic acids is 1. The average Bonchev–Trinajstić information content (AvgIpc) is 2.85. The number of hydrogen-bond acceptors (Lipinski definition) is 4. The van der Waals surface area contributed by atoms with Crippen molar-refractivity contribution in [3.63, 3.8) is 0 Å². The van der Waals surface area contributed by atoms with Gasteiger partial charge in [-0.1, -0.05) is 42.5 Å². The summed E-state index contributed by atoms with van der Waals surface area (Å²) in [7, 11) is 0. The van der Waals surface area contributed by atoms with Crippen molar-refractivity contribution in [1.29, 1.82) is 0 Å². The fourth-order valence-electron chi connectivity index (χ4n) is 4.26. The second kappa shape index (κ2) is 8.56. The number of nitrogens with one attached hydrogen (secondary N) is 1. The Hall–Kier alpha value is -3.73. The SMILES string of the molecule is O=C(Nc1ccnc2cnccc12)C1CCN(c2cccc(-c3ccccc3)c2)CC1. The minimum atomic E-state index is 0.0126. The fraction of sp³-hybridized carbons (Fsp3) is 0.192. The molecule has 1 saturated heterocycles. The average molecular weight is 409 g/mol. The summed E-state index contributed by atoms with van der Waals surface area (Å²) in [4.78, 5) is 23.7. The van der Waals surface area contributed by atoms with Crippen LogP contribution in [0, 0.1) is 5.92 Å². The molecule has 5 rings (SSSR count). The zero-order chi connectivity index (χ0) is 21.0. The molecule has 0 radical (unpaired) electrons. The van der Waals surface area contributed by atoms with E-state index in [1.165, 1.54) is 16.8 Å². The first-order valence-corrected chi connectivity index (χ1v) is 10.7. The minimum absolute atomic E-state index is 0.0126. The second-order valence-corrected chi connectivity index (χ2v) is 7.92. The number of carbonyl (C=O) groups is 1. The molecule has 0 bridgehead atoms. The Kier molecular flexibility index (Phi) is 5.31. The molecule has 3 heterocycles. The Morgan fingerprint density at radius 2 is 1.71 bits per heavy atom. The van der Waals surface area contributed by atoms with Gasteiger partial charge in [0.1, 0.15) is 0 Å². The number of fused-ring (bicyclic) bond motifs is 1. The Labute approximate surface area is 181 Å². The van der Waals surface area contributed by atoms with E-state index in [0.29, 0.717) is 0 Å². The molecule has 1 fully saturated rings. The summed E-state index contributed by atoms with van der Waals surface area (Å²) in [5.74, 6) is 0.0978. The Morgan fingerprint density at radius 3 is 2.55 bits per heavy atom. The third-order valence-corrected chi connectivity index (χ3v) is 5.99. The first-order valence-electron chi connectivity index (χ1n) is 10.7. The van der Waals surface area contributed by atoms with Gasteiger partial charge in [0.15, 0.2) is 0 Å². The predicted octanol–water partition coefficient (Wildman–Crippen LogP) is 5.15. The second-order valence-electron chi connectivity index (χ2n) is 7.92. The van der Waals surface area contributed by atoms with Crippen LogP contribution >= 0.6 is 0 Å². The predicted molar refractivity (Wildman–Crippen MR) is 125 cm³/mol. The van der Waals surface area contributed by atoms with E-state index in [9.17, 15) is 4.79 Å². The van der Waals surface area contributed by atoms with Gasteiger partial charge in [-0.3, -0.25) is 14.8 Å². The molecule has 0 spiro atoms. The highest BCUT2D eigenvalue weighted by Gasteiger charge is 2.25. The number of hydrogen-bond donors (Lipinski definition) is 1. The molecule has 31 heavy (non-hydrogen) atoms. The first-order chi connectivity index (χ1) is 15.3. The molecule has 4 aromatic rings. The maximum atomic E-state index is 12.9. The highest BCUT2D eigenvalue weighted by molar-refractivity contribution is 6.01. The third kappa shape index (κ3) is 4.12. The van der Waals surface area contributed by atoms with Crippen molar-refractivity contribution in [1.82, 2.24) is 9.97 Å². The molecule has 0 atom stereocenters. The van der Waals surface area contributed by atoms with Crippen molar-refractivity contribution in [2.75, 3.05) is 23.3 Å². The third-order valence-electron chi connectivity index (χ3n) is 5.99. The minimum Gasteiger partial charge on any atom is -0.371 e. The van der Waals surface area contributed by atoms with Crippen molar-refractivity contribution in [2.24, 2.45) is 5.92 Å². The van der Waals surface area contributed by atoms with E-state index in [1.807, 2.05) is 18.2 Å². The molecule has 5 heteroatoms.